The van der Waals surface area contributed by atoms with Gasteiger partial charge in [0, 0.05) is 12.7 Å². The minimum Gasteiger partial charge on any atom is -0.465 e. The summed E-state index contributed by atoms with van der Waals surface area (Å²) in [5.41, 5.74) is 0. The Morgan fingerprint density at radius 1 is 1.56 bits per heavy atom. The number of nitrogens with one attached hydrogen (secondary N) is 1. The van der Waals surface area contributed by atoms with E-state index in [-0.39, 0.29) is 11.7 Å². The zero-order valence-electron chi connectivity index (χ0n) is 10.4. The average molecular weight is 334 g/mol. The molecular formula is C11H16BrN3O2S. The van der Waals surface area contributed by atoms with Crippen LogP contribution in [0.3, 0.4) is 0 Å². The van der Waals surface area contributed by atoms with Gasteiger partial charge in [0.2, 0.25) is 5.95 Å². The van der Waals surface area contributed by atoms with E-state index < -0.39 is 0 Å². The van der Waals surface area contributed by atoms with Crippen molar-refractivity contribution in [3.05, 3.63) is 10.7 Å². The van der Waals surface area contributed by atoms with Crippen LogP contribution in [-0.2, 0) is 9.53 Å². The number of ether oxygens (including phenoxy) is 1. The molecule has 5 nitrogen and oxygen atoms in total. The van der Waals surface area contributed by atoms with Crippen molar-refractivity contribution in [1.82, 2.24) is 9.97 Å². The Balaban J connectivity index is 2.60. The average Bonchev–Trinajstić information content (AvgIpc) is 2.36. The van der Waals surface area contributed by atoms with Crippen LogP contribution < -0.4 is 5.32 Å². The van der Waals surface area contributed by atoms with Crippen molar-refractivity contribution in [1.29, 1.82) is 0 Å². The Hall–Kier alpha value is -0.820. The van der Waals surface area contributed by atoms with E-state index in [0.29, 0.717) is 12.6 Å². The molecule has 0 atom stereocenters. The van der Waals surface area contributed by atoms with Crippen molar-refractivity contribution >= 4 is 39.6 Å². The SMILES string of the molecule is CCCNc1ncc(Br)c(SCC(=O)OCC)n1. The predicted molar refractivity (Wildman–Crippen MR) is 75.9 cm³/mol. The van der Waals surface area contributed by atoms with Crippen LogP contribution >= 0.6 is 27.7 Å². The van der Waals surface area contributed by atoms with Gasteiger partial charge in [-0.05, 0) is 29.3 Å². The fourth-order valence-electron chi connectivity index (χ4n) is 1.10. The smallest absolute Gasteiger partial charge is 0.316 e. The zero-order valence-corrected chi connectivity index (χ0v) is 12.8. The summed E-state index contributed by atoms with van der Waals surface area (Å²) in [5.74, 6) is 0.582. The summed E-state index contributed by atoms with van der Waals surface area (Å²) >= 11 is 4.69. The molecule has 0 fully saturated rings. The maximum Gasteiger partial charge on any atom is 0.316 e. The van der Waals surface area contributed by atoms with Gasteiger partial charge in [-0.25, -0.2) is 9.97 Å². The minimum atomic E-state index is -0.240. The molecule has 1 aromatic heterocycles. The number of anilines is 1. The molecule has 0 aliphatic carbocycles. The summed E-state index contributed by atoms with van der Waals surface area (Å²) in [5, 5.41) is 3.84. The molecule has 0 unspecified atom stereocenters. The molecule has 0 aliphatic heterocycles. The standard InChI is InChI=1S/C11H16BrN3O2S/c1-3-5-13-11-14-6-8(12)10(15-11)18-7-9(16)17-4-2/h6H,3-5,7H2,1-2H3,(H,13,14,15). The second kappa shape index (κ2) is 8.31. The fraction of sp³-hybridized carbons (Fsp3) is 0.545. The van der Waals surface area contributed by atoms with Crippen molar-refractivity contribution < 1.29 is 9.53 Å². The van der Waals surface area contributed by atoms with Crippen molar-refractivity contribution in [2.75, 3.05) is 24.2 Å². The quantitative estimate of drug-likeness (QED) is 0.470. The number of halogens is 1. The first-order valence-corrected chi connectivity index (χ1v) is 7.50. The van der Waals surface area contributed by atoms with Crippen molar-refractivity contribution in [3.63, 3.8) is 0 Å². The molecule has 1 aromatic rings. The number of rotatable bonds is 7. The monoisotopic (exact) mass is 333 g/mol. The summed E-state index contributed by atoms with van der Waals surface area (Å²) in [6.07, 6.45) is 2.68. The van der Waals surface area contributed by atoms with Gasteiger partial charge in [-0.15, -0.1) is 0 Å². The second-order valence-corrected chi connectivity index (χ2v) is 5.19. The first kappa shape index (κ1) is 15.2. The highest BCUT2D eigenvalue weighted by molar-refractivity contribution is 9.10. The summed E-state index contributed by atoms with van der Waals surface area (Å²) in [6.45, 7) is 5.08. The second-order valence-electron chi connectivity index (χ2n) is 3.37. The largest absolute Gasteiger partial charge is 0.465 e. The van der Waals surface area contributed by atoms with Gasteiger partial charge in [0.15, 0.2) is 0 Å². The molecule has 0 aromatic carbocycles. The number of hydrogen-bond donors (Lipinski definition) is 1. The lowest BCUT2D eigenvalue weighted by Crippen LogP contribution is -2.08. The van der Waals surface area contributed by atoms with E-state index in [0.717, 1.165) is 22.5 Å². The first-order chi connectivity index (χ1) is 8.67. The maximum atomic E-state index is 11.3. The van der Waals surface area contributed by atoms with Crippen LogP contribution in [0.4, 0.5) is 5.95 Å². The van der Waals surface area contributed by atoms with E-state index in [1.807, 2.05) is 0 Å². The van der Waals surface area contributed by atoms with Gasteiger partial charge in [0.1, 0.15) is 5.03 Å². The third-order valence-corrected chi connectivity index (χ3v) is 3.68. The molecule has 0 spiro atoms. The molecule has 0 aliphatic rings. The van der Waals surface area contributed by atoms with Gasteiger partial charge in [0.25, 0.3) is 0 Å². The number of carbonyl (C=O) groups excluding carboxylic acids is 1. The zero-order chi connectivity index (χ0) is 13.4. The van der Waals surface area contributed by atoms with Crippen LogP contribution in [0.1, 0.15) is 20.3 Å². The van der Waals surface area contributed by atoms with E-state index in [9.17, 15) is 4.79 Å². The Labute approximate surface area is 119 Å². The van der Waals surface area contributed by atoms with Crippen LogP contribution in [0.5, 0.6) is 0 Å². The van der Waals surface area contributed by atoms with Crippen molar-refractivity contribution in [3.8, 4) is 0 Å². The van der Waals surface area contributed by atoms with E-state index in [4.69, 9.17) is 4.74 Å². The number of carbonyl (C=O) groups is 1. The fourth-order valence-corrected chi connectivity index (χ4v) is 2.32. The molecule has 0 saturated carbocycles. The molecular weight excluding hydrogens is 318 g/mol. The molecule has 0 bridgehead atoms. The van der Waals surface area contributed by atoms with E-state index in [1.54, 1.807) is 13.1 Å². The number of aromatic nitrogens is 2. The Morgan fingerprint density at radius 3 is 3.00 bits per heavy atom. The molecule has 1 heterocycles. The third-order valence-electron chi connectivity index (χ3n) is 1.88. The summed E-state index contributed by atoms with van der Waals surface area (Å²) in [4.78, 5) is 19.7. The number of esters is 1. The van der Waals surface area contributed by atoms with Gasteiger partial charge < -0.3 is 10.1 Å². The summed E-state index contributed by atoms with van der Waals surface area (Å²) in [6, 6.07) is 0. The van der Waals surface area contributed by atoms with Gasteiger partial charge in [-0.1, -0.05) is 18.7 Å². The van der Waals surface area contributed by atoms with Gasteiger partial charge in [-0.2, -0.15) is 0 Å². The van der Waals surface area contributed by atoms with Crippen LogP contribution in [0.2, 0.25) is 0 Å². The van der Waals surface area contributed by atoms with Crippen LogP contribution in [0.25, 0.3) is 0 Å². The molecule has 1 rings (SSSR count). The highest BCUT2D eigenvalue weighted by atomic mass is 79.9. The summed E-state index contributed by atoms with van der Waals surface area (Å²) in [7, 11) is 0. The van der Waals surface area contributed by atoms with E-state index in [2.05, 4.69) is 38.1 Å². The van der Waals surface area contributed by atoms with Crippen LogP contribution in [0.15, 0.2) is 15.7 Å². The molecule has 100 valence electrons. The van der Waals surface area contributed by atoms with Gasteiger partial charge in [0.05, 0.1) is 16.8 Å². The predicted octanol–water partition coefficient (Wildman–Crippen LogP) is 2.72. The minimum absolute atomic E-state index is 0.240. The topological polar surface area (TPSA) is 64.1 Å². The van der Waals surface area contributed by atoms with Crippen molar-refractivity contribution in [2.24, 2.45) is 0 Å². The molecule has 1 N–H and O–H groups in total. The lowest BCUT2D eigenvalue weighted by atomic mass is 10.5. The normalized spacial score (nSPS) is 10.2. The number of nitrogens with zero attached hydrogens (tertiary/aromatic N) is 2. The third kappa shape index (κ3) is 5.22. The number of thioether (sulfide) groups is 1. The number of hydrogen-bond acceptors (Lipinski definition) is 6. The van der Waals surface area contributed by atoms with Crippen LogP contribution in [-0.4, -0.2) is 34.8 Å². The maximum absolute atomic E-state index is 11.3. The highest BCUT2D eigenvalue weighted by Gasteiger charge is 2.09. The lowest BCUT2D eigenvalue weighted by molar-refractivity contribution is -0.139. The van der Waals surface area contributed by atoms with Gasteiger partial charge >= 0.3 is 5.97 Å². The molecule has 0 saturated heterocycles. The molecule has 0 radical (unpaired) electrons. The highest BCUT2D eigenvalue weighted by Crippen LogP contribution is 2.25. The van der Waals surface area contributed by atoms with E-state index in [1.165, 1.54) is 11.8 Å². The van der Waals surface area contributed by atoms with Crippen LogP contribution in [0, 0.1) is 0 Å². The lowest BCUT2D eigenvalue weighted by Gasteiger charge is -2.07. The van der Waals surface area contributed by atoms with E-state index >= 15 is 0 Å². The molecule has 7 heteroatoms. The Kier molecular flexibility index (Phi) is 7.04. The molecule has 18 heavy (non-hydrogen) atoms. The summed E-state index contributed by atoms with van der Waals surface area (Å²) < 4.78 is 5.64. The first-order valence-electron chi connectivity index (χ1n) is 5.72. The van der Waals surface area contributed by atoms with Gasteiger partial charge in [-0.3, -0.25) is 4.79 Å². The molecule has 0 amide bonds. The Bertz CT molecular complexity index is 404. The van der Waals surface area contributed by atoms with Crippen molar-refractivity contribution in [2.45, 2.75) is 25.3 Å². The Morgan fingerprint density at radius 2 is 2.33 bits per heavy atom.